The van der Waals surface area contributed by atoms with Gasteiger partial charge < -0.3 is 4.40 Å². The zero-order valence-corrected chi connectivity index (χ0v) is 7.28. The van der Waals surface area contributed by atoms with Crippen molar-refractivity contribution in [1.82, 2.24) is 9.38 Å². The van der Waals surface area contributed by atoms with Crippen LogP contribution >= 0.6 is 0 Å². The van der Waals surface area contributed by atoms with Crippen molar-refractivity contribution in [3.63, 3.8) is 0 Å². The largest absolute Gasteiger partial charge is 0.420 e. The average Bonchev–Trinajstić information content (AvgIpc) is 2.61. The van der Waals surface area contributed by atoms with E-state index < -0.39 is 11.7 Å². The number of alkyl halides is 3. The fourth-order valence-corrected chi connectivity index (χ4v) is 1.30. The first-order valence-corrected chi connectivity index (χ1v) is 3.96. The second-order valence-corrected chi connectivity index (χ2v) is 2.91. The maximum Gasteiger partial charge on any atom is 0.420 e. The number of halogens is 3. The maximum atomic E-state index is 12.5. The van der Waals surface area contributed by atoms with E-state index in [0.29, 0.717) is 0 Å². The molecular weight excluding hydrogens is 207 g/mol. The molecule has 0 bridgehead atoms. The van der Waals surface area contributed by atoms with Crippen molar-refractivity contribution >= 4 is 5.65 Å². The van der Waals surface area contributed by atoms with Crippen LogP contribution in [0.2, 0.25) is 0 Å². The number of hydrogen-bond donors (Lipinski definition) is 0. The Kier molecular flexibility index (Phi) is 1.89. The van der Waals surface area contributed by atoms with Crippen molar-refractivity contribution in [2.24, 2.45) is 0 Å². The minimum absolute atomic E-state index is 0.0483. The Balaban J connectivity index is 2.82. The Morgan fingerprint density at radius 3 is 2.73 bits per heavy atom. The third-order valence-corrected chi connectivity index (χ3v) is 1.92. The highest BCUT2D eigenvalue weighted by Crippen LogP contribution is 2.32. The summed E-state index contributed by atoms with van der Waals surface area (Å²) in [6.07, 6.45) is -0.575. The summed E-state index contributed by atoms with van der Waals surface area (Å²) in [6.45, 7) is 0. The molecule has 2 aromatic rings. The Labute approximate surface area is 82.4 Å². The molecule has 0 amide bonds. The van der Waals surface area contributed by atoms with E-state index in [1.165, 1.54) is 23.0 Å². The molecule has 0 N–H and O–H groups in total. The number of nitrogens with zero attached hydrogens (tertiary/aromatic N) is 3. The summed E-state index contributed by atoms with van der Waals surface area (Å²) in [6, 6.07) is 2.47. The van der Waals surface area contributed by atoms with Gasteiger partial charge in [0.05, 0.1) is 5.56 Å². The van der Waals surface area contributed by atoms with Crippen LogP contribution in [0, 0.1) is 11.3 Å². The van der Waals surface area contributed by atoms with Gasteiger partial charge in [-0.2, -0.15) is 18.4 Å². The molecule has 76 valence electrons. The zero-order chi connectivity index (χ0) is 11.1. The molecule has 0 aromatic carbocycles. The minimum Gasteiger partial charge on any atom is -0.305 e. The molecule has 0 saturated heterocycles. The number of nitriles is 1. The Bertz CT molecular complexity index is 548. The lowest BCUT2D eigenvalue weighted by Crippen LogP contribution is -2.08. The molecule has 6 heteroatoms. The number of aromatic nitrogens is 2. The van der Waals surface area contributed by atoms with Gasteiger partial charge in [-0.25, -0.2) is 4.98 Å². The summed E-state index contributed by atoms with van der Waals surface area (Å²) in [7, 11) is 0. The molecule has 0 aliphatic carbocycles. The van der Waals surface area contributed by atoms with Crippen LogP contribution in [-0.4, -0.2) is 9.38 Å². The molecule has 2 heterocycles. The van der Waals surface area contributed by atoms with Gasteiger partial charge in [-0.15, -0.1) is 0 Å². The summed E-state index contributed by atoms with van der Waals surface area (Å²) < 4.78 is 38.8. The van der Waals surface area contributed by atoms with Crippen molar-refractivity contribution in [3.05, 3.63) is 35.8 Å². The van der Waals surface area contributed by atoms with Gasteiger partial charge in [0.2, 0.25) is 0 Å². The molecule has 3 nitrogen and oxygen atoms in total. The third kappa shape index (κ3) is 1.52. The summed E-state index contributed by atoms with van der Waals surface area (Å²) in [4.78, 5) is 3.59. The predicted octanol–water partition coefficient (Wildman–Crippen LogP) is 2.22. The van der Waals surface area contributed by atoms with E-state index in [4.69, 9.17) is 5.26 Å². The lowest BCUT2D eigenvalue weighted by molar-refractivity contribution is -0.136. The van der Waals surface area contributed by atoms with Crippen LogP contribution in [0.4, 0.5) is 13.2 Å². The van der Waals surface area contributed by atoms with Gasteiger partial charge >= 0.3 is 6.18 Å². The van der Waals surface area contributed by atoms with Crippen molar-refractivity contribution in [2.45, 2.75) is 6.18 Å². The summed E-state index contributed by atoms with van der Waals surface area (Å²) in [5.41, 5.74) is -1.14. The average molecular weight is 211 g/mol. The van der Waals surface area contributed by atoms with E-state index in [-0.39, 0.29) is 11.2 Å². The van der Waals surface area contributed by atoms with Crippen LogP contribution in [0.25, 0.3) is 5.65 Å². The van der Waals surface area contributed by atoms with E-state index in [1.54, 1.807) is 6.07 Å². The molecule has 0 saturated carbocycles. The standard InChI is InChI=1S/C9H4F3N3/c10-9(11,12)7-3-6(4-13)5-15-2-1-14-8(7)15/h1-3,5H. The van der Waals surface area contributed by atoms with Gasteiger partial charge in [-0.1, -0.05) is 0 Å². The first kappa shape index (κ1) is 9.52. The molecule has 15 heavy (non-hydrogen) atoms. The number of hydrogen-bond acceptors (Lipinski definition) is 2. The van der Waals surface area contributed by atoms with Gasteiger partial charge in [0.1, 0.15) is 17.3 Å². The monoisotopic (exact) mass is 211 g/mol. The van der Waals surface area contributed by atoms with Gasteiger partial charge in [0.15, 0.2) is 0 Å². The van der Waals surface area contributed by atoms with Crippen molar-refractivity contribution < 1.29 is 13.2 Å². The van der Waals surface area contributed by atoms with Crippen LogP contribution < -0.4 is 0 Å². The SMILES string of the molecule is N#Cc1cc(C(F)(F)F)c2nccn2c1. The maximum absolute atomic E-state index is 12.5. The van der Waals surface area contributed by atoms with Gasteiger partial charge in [0, 0.05) is 18.6 Å². The lowest BCUT2D eigenvalue weighted by atomic mass is 10.2. The van der Waals surface area contributed by atoms with Gasteiger partial charge in [-0.05, 0) is 6.07 Å². The molecule has 0 radical (unpaired) electrons. The Hall–Kier alpha value is -2.03. The predicted molar refractivity (Wildman–Crippen MR) is 44.9 cm³/mol. The molecule has 0 unspecified atom stereocenters. The van der Waals surface area contributed by atoms with E-state index in [0.717, 1.165) is 6.07 Å². The van der Waals surface area contributed by atoms with Crippen molar-refractivity contribution in [3.8, 4) is 6.07 Å². The molecule has 0 atom stereocenters. The molecule has 2 aromatic heterocycles. The van der Waals surface area contributed by atoms with E-state index in [9.17, 15) is 13.2 Å². The van der Waals surface area contributed by atoms with E-state index in [1.807, 2.05) is 0 Å². The molecular formula is C9H4F3N3. The fraction of sp³-hybridized carbons (Fsp3) is 0.111. The lowest BCUT2D eigenvalue weighted by Gasteiger charge is -2.08. The van der Waals surface area contributed by atoms with E-state index in [2.05, 4.69) is 4.98 Å². The normalized spacial score (nSPS) is 11.6. The van der Waals surface area contributed by atoms with Crippen LogP contribution in [-0.2, 0) is 6.18 Å². The Morgan fingerprint density at radius 1 is 1.40 bits per heavy atom. The van der Waals surface area contributed by atoms with Crippen LogP contribution in [0.3, 0.4) is 0 Å². The molecule has 0 aliphatic rings. The number of imidazole rings is 1. The number of rotatable bonds is 0. The van der Waals surface area contributed by atoms with Crippen LogP contribution in [0.5, 0.6) is 0 Å². The van der Waals surface area contributed by atoms with Crippen molar-refractivity contribution in [1.29, 1.82) is 5.26 Å². The van der Waals surface area contributed by atoms with Gasteiger partial charge in [-0.3, -0.25) is 0 Å². The molecule has 0 spiro atoms. The van der Waals surface area contributed by atoms with Gasteiger partial charge in [0.25, 0.3) is 0 Å². The highest BCUT2D eigenvalue weighted by Gasteiger charge is 2.34. The third-order valence-electron chi connectivity index (χ3n) is 1.92. The molecule has 2 rings (SSSR count). The number of pyridine rings is 1. The van der Waals surface area contributed by atoms with Crippen molar-refractivity contribution in [2.75, 3.05) is 0 Å². The summed E-state index contributed by atoms with van der Waals surface area (Å²) >= 11 is 0. The minimum atomic E-state index is -4.50. The Morgan fingerprint density at radius 2 is 2.13 bits per heavy atom. The smallest absolute Gasteiger partial charge is 0.305 e. The highest BCUT2D eigenvalue weighted by molar-refractivity contribution is 5.52. The molecule has 0 aliphatic heterocycles. The first-order valence-electron chi connectivity index (χ1n) is 3.96. The second-order valence-electron chi connectivity index (χ2n) is 2.91. The van der Waals surface area contributed by atoms with E-state index >= 15 is 0 Å². The topological polar surface area (TPSA) is 41.1 Å². The summed E-state index contributed by atoms with van der Waals surface area (Å²) in [5, 5.41) is 8.57. The summed E-state index contributed by atoms with van der Waals surface area (Å²) in [5.74, 6) is 0. The first-order chi connectivity index (χ1) is 7.02. The quantitative estimate of drug-likeness (QED) is 0.670. The highest BCUT2D eigenvalue weighted by atomic mass is 19.4. The zero-order valence-electron chi connectivity index (χ0n) is 7.28. The fourth-order valence-electron chi connectivity index (χ4n) is 1.30. The van der Waals surface area contributed by atoms with Crippen LogP contribution in [0.15, 0.2) is 24.7 Å². The number of fused-ring (bicyclic) bond motifs is 1. The second kappa shape index (κ2) is 2.98. The molecule has 0 fully saturated rings. The van der Waals surface area contributed by atoms with Crippen LogP contribution in [0.1, 0.15) is 11.1 Å².